The summed E-state index contributed by atoms with van der Waals surface area (Å²) in [7, 11) is 0. The molecule has 0 amide bonds. The molecule has 0 aliphatic heterocycles. The SMILES string of the molecule is [2H]c1c([2H])c([2H])c2c([2H])c(-c3c4c([2H])c([2H])c([2H])c([2H])c4c(-c4c([2H])c([2H])c([2H])c5c([2H])c([2H])c([2H])c([2H])c45)c4c([2H])c([2H])c([2H])c([2H])c34)c([2H])c([2H])c2c1[2H].[2H]c1c([2H])c([2H])c2c(oc3c([2H])c([2H])c(-c4c5c([2H])c([2H])c([2H])c([2H])c5c(-c5c([2H])c([2H])c([2H])c6c([2H])c([2H])c([2H])c([2H])c56)c5c([2H])c([2H])c([2H])c([2H])c45)c([2H])c32)c1[2H].[2H]c1cc(-c2c([2H])c([2H])c3c([2H])c([2H])c([2H])c([2H])c3c2[2H])c(-c2c3c([2H])c([2H])c([2H])c([2H])c3c(-c3c([2H])c([2H])c([2H])c4c([2H])c([2H])c([2H])c([2H])c34)c3c([2H])c([2H])c([2H])c([2H])c23)c([2H])c1[2H]. The highest BCUT2D eigenvalue weighted by Gasteiger charge is 2.24. The molecule has 1 heterocycles. The minimum atomic E-state index is -0.968. The van der Waals surface area contributed by atoms with Crippen molar-refractivity contribution < 1.29 is 99.0 Å². The number of hydrogen-bond acceptors (Lipinski definition) is 1. The van der Waals surface area contributed by atoms with Crippen LogP contribution in [0.25, 0.3) is 218 Å². The molecular weight excluding hydrogens is 1340 g/mol. The third-order valence-electron chi connectivity index (χ3n) is 18.0. The van der Waals surface area contributed by atoms with Gasteiger partial charge in [-0.2, -0.15) is 0 Å². The highest BCUT2D eigenvalue weighted by molar-refractivity contribution is 6.28. The van der Waals surface area contributed by atoms with E-state index in [2.05, 4.69) is 0 Å². The predicted molar refractivity (Wildman–Crippen MR) is 477 cm³/mol. The van der Waals surface area contributed by atoms with Gasteiger partial charge in [0.2, 0.25) is 0 Å². The van der Waals surface area contributed by atoms with E-state index in [1.807, 2.05) is 0 Å². The number of para-hydroxylation sites is 1. The topological polar surface area (TPSA) is 13.1 Å². The van der Waals surface area contributed by atoms with Gasteiger partial charge in [0, 0.05) is 10.8 Å². The number of benzene rings is 22. The molecule has 0 aliphatic rings. The van der Waals surface area contributed by atoms with Gasteiger partial charge in [-0.05, 0) is 227 Å². The number of fused-ring (bicyclic) bond motifs is 14. The third kappa shape index (κ3) is 11.2. The molecule has 0 bridgehead atoms. The maximum Gasteiger partial charge on any atom is 0.135 e. The van der Waals surface area contributed by atoms with Crippen LogP contribution in [-0.4, -0.2) is 0 Å². The zero-order valence-electron chi connectivity index (χ0n) is 124. The molecular formula is C110H70O. The van der Waals surface area contributed by atoms with Crippen molar-refractivity contribution in [3.63, 3.8) is 0 Å². The summed E-state index contributed by atoms with van der Waals surface area (Å²) in [5.41, 5.74) is -10.1. The summed E-state index contributed by atoms with van der Waals surface area (Å²) in [6.45, 7) is 0. The summed E-state index contributed by atoms with van der Waals surface area (Å²) in [6, 6.07) is -58.6. The highest BCUT2D eigenvalue weighted by atomic mass is 16.3. The smallest absolute Gasteiger partial charge is 0.135 e. The third-order valence-corrected chi connectivity index (χ3v) is 18.0. The lowest BCUT2D eigenvalue weighted by Gasteiger charge is -2.20. The van der Waals surface area contributed by atoms with Gasteiger partial charge < -0.3 is 4.42 Å². The lowest BCUT2D eigenvalue weighted by Crippen LogP contribution is -1.93. The zero-order chi connectivity index (χ0) is 133. The molecule has 1 heteroatoms. The second-order valence-electron chi connectivity index (χ2n) is 23.8. The Morgan fingerprint density at radius 2 is 0.405 bits per heavy atom. The molecule has 0 radical (unpaired) electrons. The fourth-order valence-electron chi connectivity index (χ4n) is 13.4. The molecule has 0 spiro atoms. The maximum absolute atomic E-state index is 9.54. The molecule has 0 fully saturated rings. The largest absolute Gasteiger partial charge is 0.456 e. The second-order valence-corrected chi connectivity index (χ2v) is 23.8. The summed E-state index contributed by atoms with van der Waals surface area (Å²) in [6.07, 6.45) is 0. The van der Waals surface area contributed by atoms with E-state index >= 15 is 0 Å². The molecule has 0 atom stereocenters. The first-order chi connectivity index (χ1) is 83.8. The average molecular weight is 1480 g/mol. The van der Waals surface area contributed by atoms with E-state index in [0.29, 0.717) is 0 Å². The number of hydrogen-bond donors (Lipinski definition) is 0. The van der Waals surface area contributed by atoms with Gasteiger partial charge in [-0.15, -0.1) is 0 Å². The summed E-state index contributed by atoms with van der Waals surface area (Å²) in [4.78, 5) is 0. The molecule has 23 aromatic rings. The van der Waals surface area contributed by atoms with Crippen molar-refractivity contribution in [1.29, 1.82) is 0 Å². The van der Waals surface area contributed by atoms with Crippen LogP contribution in [0.15, 0.2) is 427 Å². The fourth-order valence-corrected chi connectivity index (χ4v) is 13.4. The molecule has 0 saturated carbocycles. The highest BCUT2D eigenvalue weighted by Crippen LogP contribution is 2.51. The Bertz CT molecular complexity index is 11800. The van der Waals surface area contributed by atoms with Gasteiger partial charge in [0.05, 0.1) is 94.6 Å². The predicted octanol–water partition coefficient (Wildman–Crippen LogP) is 31.3. The first-order valence-corrected chi connectivity index (χ1v) is 32.7. The maximum atomic E-state index is 9.54. The Kier molecular flexibility index (Phi) is 6.31. The molecule has 0 saturated heterocycles. The Labute approximate surface area is 740 Å². The van der Waals surface area contributed by atoms with E-state index in [1.54, 1.807) is 0 Å². The van der Waals surface area contributed by atoms with Gasteiger partial charge in [0.15, 0.2) is 0 Å². The van der Waals surface area contributed by atoms with Gasteiger partial charge in [-0.3, -0.25) is 0 Å². The second kappa shape index (κ2) is 27.4. The van der Waals surface area contributed by atoms with E-state index in [1.165, 1.54) is 0 Å². The quantitative estimate of drug-likeness (QED) is 0.145. The van der Waals surface area contributed by atoms with Crippen LogP contribution < -0.4 is 0 Å². The molecule has 1 nitrogen and oxygen atoms in total. The summed E-state index contributed by atoms with van der Waals surface area (Å²) < 4.78 is 615. The number of rotatable bonds is 7. The Hall–Kier alpha value is -14.5. The van der Waals surface area contributed by atoms with Crippen molar-refractivity contribution in [1.82, 2.24) is 0 Å². The Morgan fingerprint density at radius 1 is 0.144 bits per heavy atom. The normalized spacial score (nSPS) is 20.3. The lowest BCUT2D eigenvalue weighted by atomic mass is 9.83. The van der Waals surface area contributed by atoms with Gasteiger partial charge in [-0.25, -0.2) is 0 Å². The van der Waals surface area contributed by atoms with Crippen LogP contribution in [0.5, 0.6) is 0 Å². The lowest BCUT2D eigenvalue weighted by molar-refractivity contribution is 0.669. The van der Waals surface area contributed by atoms with Crippen LogP contribution in [0.4, 0.5) is 0 Å². The molecule has 22 aromatic carbocycles. The zero-order valence-corrected chi connectivity index (χ0v) is 55.5. The summed E-state index contributed by atoms with van der Waals surface area (Å²) >= 11 is 0. The van der Waals surface area contributed by atoms with Crippen molar-refractivity contribution in [2.24, 2.45) is 0 Å². The van der Waals surface area contributed by atoms with Crippen molar-refractivity contribution in [3.8, 4) is 77.9 Å². The van der Waals surface area contributed by atoms with Gasteiger partial charge in [-0.1, -0.05) is 393 Å². The van der Waals surface area contributed by atoms with E-state index in [0.717, 1.165) is 6.07 Å². The molecule has 1 aromatic heterocycles. The minimum Gasteiger partial charge on any atom is -0.456 e. The average Bonchev–Trinajstić information content (AvgIpc) is 0.771. The van der Waals surface area contributed by atoms with Crippen molar-refractivity contribution in [3.05, 3.63) is 423 Å². The van der Waals surface area contributed by atoms with Gasteiger partial charge in [0.25, 0.3) is 0 Å². The first kappa shape index (κ1) is 25.6. The molecule has 0 aliphatic carbocycles. The minimum absolute atomic E-state index is 0.377. The van der Waals surface area contributed by atoms with Crippen molar-refractivity contribution >= 4 is 140 Å². The molecule has 23 rings (SSSR count). The molecule has 0 unspecified atom stereocenters. The molecule has 516 valence electrons. The van der Waals surface area contributed by atoms with Crippen LogP contribution in [0.1, 0.15) is 94.6 Å². The standard InChI is InChI=1S/C40H26.C36H22O.C34H22/c1-2-14-29-26-30(25-24-27(29)12-1)32-17-5-6-18-33(32)39-35-19-7-9-21-37(35)40(38-22-10-8-20-36(38)39)34-23-11-15-28-13-3-4-16-31(28)34;1-2-12-25-23(10-1)11-9-18-27(25)36-30-16-5-3-14-28(30)35(29-15-4-6-17-31(29)36)24-20-21-34-32(22-24)26-13-7-8-19-33(26)37-34;1-2-12-25-22-26(21-20-23(25)10-1)33-29-15-5-7-17-31(29)34(32-18-8-6-16-30(32)33)28-19-9-13-24-11-3-4-14-27(24)28/h1-26H;1-22H;1-22H/i1D,2D,3D,4D,5D,6D,7D,8D,9D,10D,11D,12D,13D,14D,15D,16D,18D,19D,20D,21D,22D,23D,24D,25D,26D;2*1D,2D,3D,4D,5D,6D,7D,8D,9D,10D,11D,12D,13D,14D,15D,16D,17D,18D,19D,20D,21D,22D. The van der Waals surface area contributed by atoms with Crippen molar-refractivity contribution in [2.75, 3.05) is 0 Å². The Balaban J connectivity index is 0.000000152. The van der Waals surface area contributed by atoms with Crippen LogP contribution in [-0.2, 0) is 0 Å². The van der Waals surface area contributed by atoms with E-state index in [9.17, 15) is 24.7 Å². The van der Waals surface area contributed by atoms with E-state index in [-0.39, 0.29) is 5.39 Å². The summed E-state index contributed by atoms with van der Waals surface area (Å²) in [5.74, 6) is 0. The van der Waals surface area contributed by atoms with Gasteiger partial charge >= 0.3 is 0 Å². The van der Waals surface area contributed by atoms with Crippen LogP contribution in [0.3, 0.4) is 0 Å². The fraction of sp³-hybridized carbons (Fsp3) is 0. The van der Waals surface area contributed by atoms with Crippen molar-refractivity contribution in [2.45, 2.75) is 0 Å². The van der Waals surface area contributed by atoms with E-state index < -0.39 is 630 Å². The summed E-state index contributed by atoms with van der Waals surface area (Å²) in [5, 5.41) is -14.4. The molecule has 111 heavy (non-hydrogen) atoms. The van der Waals surface area contributed by atoms with Crippen LogP contribution in [0, 0.1) is 0 Å². The van der Waals surface area contributed by atoms with E-state index in [4.69, 9.17) is 74.3 Å². The van der Waals surface area contributed by atoms with Crippen LogP contribution >= 0.6 is 0 Å². The van der Waals surface area contributed by atoms with Crippen LogP contribution in [0.2, 0.25) is 0 Å². The molecule has 0 N–H and O–H groups in total. The Morgan fingerprint density at radius 3 is 0.811 bits per heavy atom. The monoisotopic (exact) mass is 1480 g/mol. The number of furan rings is 1. The van der Waals surface area contributed by atoms with Gasteiger partial charge in [0.1, 0.15) is 11.2 Å². The first-order valence-electron chi connectivity index (χ1n) is 67.2.